The molecule has 1 amide bonds. The van der Waals surface area contributed by atoms with Gasteiger partial charge in [-0.05, 0) is 71.5 Å². The normalized spacial score (nSPS) is 17.1. The predicted molar refractivity (Wildman–Crippen MR) is 201 cm³/mol. The van der Waals surface area contributed by atoms with Crippen LogP contribution in [0.25, 0.3) is 16.8 Å². The van der Waals surface area contributed by atoms with Crippen LogP contribution in [0.4, 0.5) is 10.6 Å². The topological polar surface area (TPSA) is 111 Å². The molecule has 49 heavy (non-hydrogen) atoms. The molecule has 1 saturated heterocycles. The Morgan fingerprint density at radius 1 is 1.00 bits per heavy atom. The fraction of sp³-hybridized carbons (Fsp3) is 0.639. The lowest BCUT2D eigenvalue weighted by molar-refractivity contribution is 0.0153. The van der Waals surface area contributed by atoms with Gasteiger partial charge in [0.15, 0.2) is 11.9 Å². The van der Waals surface area contributed by atoms with Crippen LogP contribution in [0.15, 0.2) is 30.6 Å². The van der Waals surface area contributed by atoms with E-state index in [0.717, 1.165) is 60.3 Å². The Bertz CT molecular complexity index is 1520. The van der Waals surface area contributed by atoms with E-state index in [1.807, 2.05) is 36.3 Å². The van der Waals surface area contributed by atoms with E-state index < -0.39 is 21.7 Å². The van der Waals surface area contributed by atoms with Crippen LogP contribution in [0.2, 0.25) is 51.4 Å². The summed E-state index contributed by atoms with van der Waals surface area (Å²) in [6.07, 6.45) is 7.24. The molecule has 1 fully saturated rings. The van der Waals surface area contributed by atoms with Crippen LogP contribution >= 0.6 is 0 Å². The van der Waals surface area contributed by atoms with Gasteiger partial charge in [-0.2, -0.15) is 9.61 Å². The quantitative estimate of drug-likeness (QED) is 0.0638. The predicted octanol–water partition coefficient (Wildman–Crippen LogP) is 7.76. The number of anilines is 1. The Kier molecular flexibility index (Phi) is 12.8. The number of hydrogen-bond donors (Lipinski definition) is 0. The lowest BCUT2D eigenvalue weighted by Crippen LogP contribution is -2.43. The minimum Gasteiger partial charge on any atom is -0.444 e. The SMILES string of the molecule is CC1CCC(CCc2cc(N(COCC[Si](C)(C)C)COCC[Si](C)(C)C)n3ncc(-c4ccc(C=O)nc4)c3n2)N1C(=O)OC(C)(C)C. The smallest absolute Gasteiger partial charge is 0.410 e. The Morgan fingerprint density at radius 2 is 1.65 bits per heavy atom. The molecule has 1 aliphatic heterocycles. The lowest BCUT2D eigenvalue weighted by atomic mass is 10.1. The van der Waals surface area contributed by atoms with Crippen molar-refractivity contribution in [3.63, 3.8) is 0 Å². The number of aryl methyl sites for hydroxylation is 1. The fourth-order valence-corrected chi connectivity index (χ4v) is 7.29. The maximum absolute atomic E-state index is 13.2. The van der Waals surface area contributed by atoms with Crippen molar-refractivity contribution < 1.29 is 23.8 Å². The van der Waals surface area contributed by atoms with Gasteiger partial charge in [0, 0.05) is 70.5 Å². The van der Waals surface area contributed by atoms with E-state index in [-0.39, 0.29) is 18.2 Å². The van der Waals surface area contributed by atoms with Crippen LogP contribution in [0.1, 0.15) is 63.1 Å². The minimum atomic E-state index is -1.27. The molecule has 4 heterocycles. The second-order valence-electron chi connectivity index (χ2n) is 16.7. The summed E-state index contributed by atoms with van der Waals surface area (Å²) >= 11 is 0. The van der Waals surface area contributed by atoms with Crippen LogP contribution in [0, 0.1) is 0 Å². The molecule has 3 aromatic heterocycles. The van der Waals surface area contributed by atoms with Gasteiger partial charge in [-0.1, -0.05) is 45.3 Å². The summed E-state index contributed by atoms with van der Waals surface area (Å²) in [5, 5.41) is 4.80. The highest BCUT2D eigenvalue weighted by atomic mass is 28.3. The number of nitrogens with zero attached hydrogens (tertiary/aromatic N) is 6. The van der Waals surface area contributed by atoms with Gasteiger partial charge >= 0.3 is 6.09 Å². The molecule has 3 aromatic rings. The monoisotopic (exact) mass is 710 g/mol. The summed E-state index contributed by atoms with van der Waals surface area (Å²) in [4.78, 5) is 38.0. The van der Waals surface area contributed by atoms with Crippen molar-refractivity contribution in [2.75, 3.05) is 31.6 Å². The van der Waals surface area contributed by atoms with E-state index in [0.29, 0.717) is 44.4 Å². The van der Waals surface area contributed by atoms with E-state index in [4.69, 9.17) is 24.3 Å². The molecular formula is C36H58N6O5Si2. The van der Waals surface area contributed by atoms with Crippen LogP contribution < -0.4 is 4.90 Å². The second kappa shape index (κ2) is 16.3. The number of aldehydes is 1. The van der Waals surface area contributed by atoms with Gasteiger partial charge in [0.05, 0.1) is 6.20 Å². The van der Waals surface area contributed by atoms with Gasteiger partial charge < -0.3 is 24.0 Å². The van der Waals surface area contributed by atoms with Crippen molar-refractivity contribution in [2.24, 2.45) is 0 Å². The first-order valence-electron chi connectivity index (χ1n) is 17.7. The number of ether oxygens (including phenoxy) is 3. The molecule has 2 atom stereocenters. The number of rotatable bonds is 16. The minimum absolute atomic E-state index is 0.0571. The summed E-state index contributed by atoms with van der Waals surface area (Å²) in [5.74, 6) is 0.827. The number of hydrogen-bond acceptors (Lipinski definition) is 9. The first-order valence-corrected chi connectivity index (χ1v) is 25.1. The van der Waals surface area contributed by atoms with Crippen molar-refractivity contribution in [3.05, 3.63) is 42.0 Å². The summed E-state index contributed by atoms with van der Waals surface area (Å²) in [7, 11) is -2.55. The first kappa shape index (κ1) is 38.7. The highest BCUT2D eigenvalue weighted by Crippen LogP contribution is 2.31. The fourth-order valence-electron chi connectivity index (χ4n) is 5.78. The van der Waals surface area contributed by atoms with Crippen LogP contribution in [0.5, 0.6) is 0 Å². The maximum Gasteiger partial charge on any atom is 0.410 e. The molecule has 0 spiro atoms. The lowest BCUT2D eigenvalue weighted by Gasteiger charge is -2.31. The van der Waals surface area contributed by atoms with Crippen molar-refractivity contribution in [2.45, 2.75) is 122 Å². The maximum atomic E-state index is 13.2. The van der Waals surface area contributed by atoms with Crippen LogP contribution in [-0.4, -0.2) is 97.4 Å². The molecule has 0 aromatic carbocycles. The number of likely N-dealkylation sites (tertiary alicyclic amines) is 1. The van der Waals surface area contributed by atoms with E-state index in [9.17, 15) is 9.59 Å². The number of carbonyl (C=O) groups excluding carboxylic acids is 2. The van der Waals surface area contributed by atoms with E-state index in [2.05, 4.69) is 62.2 Å². The average molecular weight is 711 g/mol. The molecule has 0 bridgehead atoms. The van der Waals surface area contributed by atoms with Crippen molar-refractivity contribution in [1.82, 2.24) is 24.5 Å². The van der Waals surface area contributed by atoms with E-state index >= 15 is 0 Å². The summed E-state index contributed by atoms with van der Waals surface area (Å²) in [6.45, 7) is 24.0. The van der Waals surface area contributed by atoms with Gasteiger partial charge in [-0.15, -0.1) is 0 Å². The summed E-state index contributed by atoms with van der Waals surface area (Å²) in [6, 6.07) is 7.96. The third-order valence-corrected chi connectivity index (χ3v) is 12.1. The van der Waals surface area contributed by atoms with Gasteiger partial charge in [-0.25, -0.2) is 9.78 Å². The molecule has 11 nitrogen and oxygen atoms in total. The van der Waals surface area contributed by atoms with Crippen LogP contribution in [0.3, 0.4) is 0 Å². The standard InChI is InChI=1S/C36H58N6O5Si2/c1-27-11-15-31(41(27)35(44)47-36(2,3)4)16-14-29-21-33(40(25-45-17-19-48(5,6)7)26-46-18-20-49(8,9)10)42-34(39-29)32(23-38-42)28-12-13-30(24-43)37-22-28/h12-13,21-24,27,31H,11,14-20,25-26H2,1-10H3. The number of fused-ring (bicyclic) bond motifs is 1. The van der Waals surface area contributed by atoms with Gasteiger partial charge in [0.2, 0.25) is 0 Å². The van der Waals surface area contributed by atoms with Gasteiger partial charge in [0.1, 0.15) is 30.6 Å². The van der Waals surface area contributed by atoms with Crippen molar-refractivity contribution in [1.29, 1.82) is 0 Å². The molecule has 4 rings (SSSR count). The van der Waals surface area contributed by atoms with E-state index in [1.54, 1.807) is 18.5 Å². The zero-order valence-electron chi connectivity index (χ0n) is 31.4. The molecule has 2 unspecified atom stereocenters. The summed E-state index contributed by atoms with van der Waals surface area (Å²) in [5.41, 5.74) is 3.02. The molecule has 270 valence electrons. The number of aromatic nitrogens is 4. The molecule has 0 saturated carbocycles. The zero-order chi connectivity index (χ0) is 36.0. The third-order valence-electron chi connectivity index (χ3n) is 8.66. The summed E-state index contributed by atoms with van der Waals surface area (Å²) < 4.78 is 20.2. The highest BCUT2D eigenvalue weighted by Gasteiger charge is 2.37. The Labute approximate surface area is 294 Å². The molecule has 1 aliphatic rings. The number of pyridine rings is 1. The first-order chi connectivity index (χ1) is 22.9. The van der Waals surface area contributed by atoms with Crippen molar-refractivity contribution >= 4 is 40.0 Å². The van der Waals surface area contributed by atoms with E-state index in [1.165, 1.54) is 0 Å². The molecule has 0 aliphatic carbocycles. The Hall–Kier alpha value is -3.14. The van der Waals surface area contributed by atoms with Crippen LogP contribution in [-0.2, 0) is 20.6 Å². The Morgan fingerprint density at radius 3 is 2.20 bits per heavy atom. The Balaban J connectivity index is 1.69. The molecule has 0 radical (unpaired) electrons. The molecule has 13 heteroatoms. The molecule has 0 N–H and O–H groups in total. The average Bonchev–Trinajstić information content (AvgIpc) is 3.60. The number of amides is 1. The highest BCUT2D eigenvalue weighted by molar-refractivity contribution is 6.76. The second-order valence-corrected chi connectivity index (χ2v) is 28.0. The van der Waals surface area contributed by atoms with Gasteiger partial charge in [-0.3, -0.25) is 9.78 Å². The van der Waals surface area contributed by atoms with Crippen molar-refractivity contribution in [3.8, 4) is 11.1 Å². The zero-order valence-corrected chi connectivity index (χ0v) is 33.4. The third kappa shape index (κ3) is 11.4. The van der Waals surface area contributed by atoms with Gasteiger partial charge in [0.25, 0.3) is 0 Å². The largest absolute Gasteiger partial charge is 0.444 e. The molecular weight excluding hydrogens is 653 g/mol. The number of carbonyl (C=O) groups is 2.